The smallest absolute Gasteiger partial charge is 0.461 e. The first-order valence-electron chi connectivity index (χ1n) is 12.0. The van der Waals surface area contributed by atoms with Gasteiger partial charge in [0.15, 0.2) is 22.4 Å². The van der Waals surface area contributed by atoms with Crippen LogP contribution in [0.2, 0.25) is 0 Å². The summed E-state index contributed by atoms with van der Waals surface area (Å²) in [6, 6.07) is 13.8. The SMILES string of the molecule is COc1cc([C@](Cc2ccccc2)(Nc2nc(C(F)(F)F)c(C)s2)c2cc(F)cc(OC(F)(F)C(F)F)c2)ccc1F. The van der Waals surface area contributed by atoms with Gasteiger partial charge in [0.25, 0.3) is 0 Å². The lowest BCUT2D eigenvalue weighted by atomic mass is 9.77. The van der Waals surface area contributed by atoms with Crippen LogP contribution in [-0.4, -0.2) is 24.6 Å². The predicted molar refractivity (Wildman–Crippen MR) is 137 cm³/mol. The highest BCUT2D eigenvalue weighted by molar-refractivity contribution is 7.15. The zero-order valence-electron chi connectivity index (χ0n) is 21.7. The number of aromatic nitrogens is 1. The Kier molecular flexibility index (Phi) is 8.67. The summed E-state index contributed by atoms with van der Waals surface area (Å²) in [6.07, 6.45) is -14.3. The summed E-state index contributed by atoms with van der Waals surface area (Å²) < 4.78 is 133. The van der Waals surface area contributed by atoms with Gasteiger partial charge in [0.05, 0.1) is 12.6 Å². The van der Waals surface area contributed by atoms with Gasteiger partial charge < -0.3 is 14.8 Å². The fourth-order valence-corrected chi connectivity index (χ4v) is 5.26. The van der Waals surface area contributed by atoms with Crippen molar-refractivity contribution in [2.24, 2.45) is 0 Å². The highest BCUT2D eigenvalue weighted by Gasteiger charge is 2.45. The Labute approximate surface area is 237 Å². The fraction of sp³-hybridized carbons (Fsp3) is 0.250. The number of aryl methyl sites for hydroxylation is 1. The summed E-state index contributed by atoms with van der Waals surface area (Å²) in [7, 11) is 1.16. The van der Waals surface area contributed by atoms with Crippen LogP contribution in [-0.2, 0) is 18.1 Å². The topological polar surface area (TPSA) is 43.4 Å². The van der Waals surface area contributed by atoms with E-state index in [-0.39, 0.29) is 33.3 Å². The van der Waals surface area contributed by atoms with Crippen LogP contribution in [0, 0.1) is 18.6 Å². The van der Waals surface area contributed by atoms with Gasteiger partial charge in [-0.05, 0) is 47.9 Å². The van der Waals surface area contributed by atoms with Gasteiger partial charge in [-0.3, -0.25) is 0 Å². The minimum atomic E-state index is -4.99. The normalized spacial score (nSPS) is 13.6. The first kappa shape index (κ1) is 31.0. The fourth-order valence-electron chi connectivity index (χ4n) is 4.35. The van der Waals surface area contributed by atoms with E-state index < -0.39 is 47.3 Å². The van der Waals surface area contributed by atoms with Crippen LogP contribution in [0.3, 0.4) is 0 Å². The number of ether oxygens (including phenoxy) is 2. The Hall–Kier alpha value is -3.94. The van der Waals surface area contributed by atoms with E-state index in [2.05, 4.69) is 15.0 Å². The number of anilines is 1. The molecule has 0 radical (unpaired) electrons. The molecule has 0 aliphatic heterocycles. The Bertz CT molecular complexity index is 1540. The summed E-state index contributed by atoms with van der Waals surface area (Å²) >= 11 is 0.612. The number of hydrogen-bond donors (Lipinski definition) is 1. The van der Waals surface area contributed by atoms with Gasteiger partial charge in [-0.2, -0.15) is 30.7 Å². The predicted octanol–water partition coefficient (Wildman–Crippen LogP) is 8.59. The second-order valence-electron chi connectivity index (χ2n) is 9.10. The maximum Gasteiger partial charge on any atom is 0.461 e. The molecule has 1 heterocycles. The minimum absolute atomic E-state index is 0.0863. The molecule has 224 valence electrons. The molecule has 3 aromatic carbocycles. The van der Waals surface area contributed by atoms with Crippen molar-refractivity contribution in [3.63, 3.8) is 0 Å². The second kappa shape index (κ2) is 11.7. The molecule has 0 aliphatic carbocycles. The molecule has 1 atom stereocenters. The molecule has 4 aromatic rings. The van der Waals surface area contributed by atoms with E-state index in [0.717, 1.165) is 25.3 Å². The number of nitrogens with zero attached hydrogens (tertiary/aromatic N) is 1. The molecule has 0 amide bonds. The van der Waals surface area contributed by atoms with Crippen LogP contribution in [0.5, 0.6) is 11.5 Å². The molecule has 14 heteroatoms. The number of rotatable bonds is 10. The Morgan fingerprint density at radius 3 is 2.19 bits per heavy atom. The number of alkyl halides is 7. The molecule has 1 aromatic heterocycles. The van der Waals surface area contributed by atoms with Crippen molar-refractivity contribution >= 4 is 16.5 Å². The Morgan fingerprint density at radius 1 is 0.905 bits per heavy atom. The van der Waals surface area contributed by atoms with Gasteiger partial charge >= 0.3 is 18.7 Å². The number of thiazole rings is 1. The lowest BCUT2D eigenvalue weighted by Crippen LogP contribution is -2.40. The average molecular weight is 621 g/mol. The monoisotopic (exact) mass is 620 g/mol. The van der Waals surface area contributed by atoms with E-state index in [9.17, 15) is 39.5 Å². The molecular formula is C28H21F9N2O2S. The van der Waals surface area contributed by atoms with Crippen LogP contribution in [0.15, 0.2) is 66.7 Å². The van der Waals surface area contributed by atoms with E-state index in [0.29, 0.717) is 23.0 Å². The molecule has 0 fully saturated rings. The average Bonchev–Trinajstić information content (AvgIpc) is 3.28. The van der Waals surface area contributed by atoms with Crippen LogP contribution in [0.25, 0.3) is 0 Å². The molecule has 42 heavy (non-hydrogen) atoms. The van der Waals surface area contributed by atoms with Gasteiger partial charge in [0.2, 0.25) is 0 Å². The van der Waals surface area contributed by atoms with Crippen molar-refractivity contribution in [3.8, 4) is 11.5 Å². The number of benzene rings is 3. The number of nitrogens with one attached hydrogen (secondary N) is 1. The zero-order valence-corrected chi connectivity index (χ0v) is 22.5. The third-order valence-electron chi connectivity index (χ3n) is 6.21. The van der Waals surface area contributed by atoms with E-state index in [1.807, 2.05) is 0 Å². The maximum atomic E-state index is 15.0. The summed E-state index contributed by atoms with van der Waals surface area (Å²) in [5, 5.41) is 2.59. The van der Waals surface area contributed by atoms with Gasteiger partial charge in [-0.15, -0.1) is 11.3 Å². The molecule has 0 bridgehead atoms. The van der Waals surface area contributed by atoms with Gasteiger partial charge in [-0.25, -0.2) is 13.8 Å². The highest BCUT2D eigenvalue weighted by Crippen LogP contribution is 2.43. The summed E-state index contributed by atoms with van der Waals surface area (Å²) in [5.41, 5.74) is -2.69. The van der Waals surface area contributed by atoms with E-state index in [1.54, 1.807) is 30.3 Å². The van der Waals surface area contributed by atoms with Crippen molar-refractivity contribution in [3.05, 3.63) is 106 Å². The molecule has 0 saturated carbocycles. The summed E-state index contributed by atoms with van der Waals surface area (Å²) in [4.78, 5) is 3.47. The molecule has 0 saturated heterocycles. The lowest BCUT2D eigenvalue weighted by molar-refractivity contribution is -0.253. The Balaban J connectivity index is 2.02. The molecule has 4 nitrogen and oxygen atoms in total. The standard InChI is InChI=1S/C28H21F9N2O2S/c1-15-23(27(33,34)35)38-25(42-15)39-26(14-16-6-4-3-5-7-16,17-8-9-21(30)22(12-17)40-2)18-10-19(29)13-20(11-18)41-28(36,37)24(31)32/h3-13,24H,14H2,1-2H3,(H,38,39)/t26-/m0/s1. The maximum absolute atomic E-state index is 15.0. The van der Waals surface area contributed by atoms with Crippen molar-refractivity contribution in [1.82, 2.24) is 4.98 Å². The van der Waals surface area contributed by atoms with Crippen molar-refractivity contribution in [1.29, 1.82) is 0 Å². The third kappa shape index (κ3) is 6.58. The van der Waals surface area contributed by atoms with Gasteiger partial charge in [-0.1, -0.05) is 36.4 Å². The third-order valence-corrected chi connectivity index (χ3v) is 7.10. The molecule has 0 aliphatic rings. The first-order chi connectivity index (χ1) is 19.6. The van der Waals surface area contributed by atoms with Crippen molar-refractivity contribution in [2.45, 2.75) is 37.6 Å². The molecule has 0 spiro atoms. The molecule has 0 unspecified atom stereocenters. The number of hydrogen-bond acceptors (Lipinski definition) is 5. The lowest BCUT2D eigenvalue weighted by Gasteiger charge is -2.37. The highest BCUT2D eigenvalue weighted by atomic mass is 32.1. The van der Waals surface area contributed by atoms with Crippen molar-refractivity contribution in [2.75, 3.05) is 12.4 Å². The van der Waals surface area contributed by atoms with E-state index in [1.165, 1.54) is 19.1 Å². The van der Waals surface area contributed by atoms with Crippen LogP contribution in [0.1, 0.15) is 27.3 Å². The van der Waals surface area contributed by atoms with E-state index in [4.69, 9.17) is 4.74 Å². The summed E-state index contributed by atoms with van der Waals surface area (Å²) in [6.45, 7) is 1.19. The largest absolute Gasteiger partial charge is 0.494 e. The molecular weight excluding hydrogens is 599 g/mol. The van der Waals surface area contributed by atoms with Gasteiger partial charge in [0.1, 0.15) is 11.6 Å². The molecule has 1 N–H and O–H groups in total. The first-order valence-corrected chi connectivity index (χ1v) is 12.8. The molecule has 4 rings (SSSR count). The quantitative estimate of drug-likeness (QED) is 0.181. The number of halogens is 9. The Morgan fingerprint density at radius 2 is 1.60 bits per heavy atom. The number of methoxy groups -OCH3 is 1. The van der Waals surface area contributed by atoms with Gasteiger partial charge in [0, 0.05) is 17.4 Å². The second-order valence-corrected chi connectivity index (χ2v) is 10.3. The summed E-state index contributed by atoms with van der Waals surface area (Å²) in [5.74, 6) is -3.28. The van der Waals surface area contributed by atoms with Crippen molar-refractivity contribution < 1.29 is 49.0 Å². The van der Waals surface area contributed by atoms with E-state index >= 15 is 0 Å². The van der Waals surface area contributed by atoms with Crippen LogP contribution < -0.4 is 14.8 Å². The zero-order chi connectivity index (χ0) is 30.9. The van der Waals surface area contributed by atoms with Crippen LogP contribution in [0.4, 0.5) is 44.6 Å². The minimum Gasteiger partial charge on any atom is -0.494 e. The van der Waals surface area contributed by atoms with Crippen LogP contribution >= 0.6 is 11.3 Å².